The van der Waals surface area contributed by atoms with Crippen LogP contribution in [0.1, 0.15) is 30.0 Å². The first-order valence-electron chi connectivity index (χ1n) is 8.36. The van der Waals surface area contributed by atoms with Crippen LogP contribution in [0.25, 0.3) is 0 Å². The predicted octanol–water partition coefficient (Wildman–Crippen LogP) is 4.58. The molecule has 2 saturated heterocycles. The summed E-state index contributed by atoms with van der Waals surface area (Å²) >= 11 is 5.79. The highest BCUT2D eigenvalue weighted by Gasteiger charge is 2.36. The van der Waals surface area contributed by atoms with E-state index in [0.29, 0.717) is 24.7 Å². The Morgan fingerprint density at radius 3 is 2.31 bits per heavy atom. The van der Waals surface area contributed by atoms with E-state index in [4.69, 9.17) is 16.3 Å². The molecule has 0 aromatic heterocycles. The van der Waals surface area contributed by atoms with Gasteiger partial charge in [-0.3, -0.25) is 4.90 Å². The van der Waals surface area contributed by atoms with Crippen molar-refractivity contribution < 1.29 is 17.9 Å². The third-order valence-corrected chi connectivity index (χ3v) is 5.22. The fourth-order valence-corrected chi connectivity index (χ4v) is 3.94. The van der Waals surface area contributed by atoms with E-state index in [0.717, 1.165) is 39.0 Å². The molecule has 0 aliphatic carbocycles. The van der Waals surface area contributed by atoms with Crippen molar-refractivity contribution in [3.05, 3.63) is 34.3 Å². The second kappa shape index (κ2) is 10.3. The topological polar surface area (TPSA) is 24.5 Å². The highest BCUT2D eigenvalue weighted by Crippen LogP contribution is 2.40. The molecule has 9 heteroatoms. The van der Waals surface area contributed by atoms with Crippen LogP contribution in [0.15, 0.2) is 18.2 Å². The van der Waals surface area contributed by atoms with Crippen LogP contribution in [0.3, 0.4) is 0 Å². The van der Waals surface area contributed by atoms with Gasteiger partial charge in [0, 0.05) is 45.4 Å². The molecule has 0 amide bonds. The Kier molecular flexibility index (Phi) is 9.47. The molecule has 2 heterocycles. The minimum absolute atomic E-state index is 0. The van der Waals surface area contributed by atoms with Gasteiger partial charge in [-0.15, -0.1) is 24.8 Å². The summed E-state index contributed by atoms with van der Waals surface area (Å²) in [5.41, 5.74) is -0.0330. The Bertz CT molecular complexity index is 545. The predicted molar refractivity (Wildman–Crippen MR) is 102 cm³/mol. The fourth-order valence-electron chi connectivity index (χ4n) is 3.72. The van der Waals surface area contributed by atoms with Crippen LogP contribution < -0.4 is 5.32 Å². The average Bonchev–Trinajstić information content (AvgIpc) is 2.57. The maximum atomic E-state index is 13.2. The van der Waals surface area contributed by atoms with Gasteiger partial charge in [-0.25, -0.2) is 0 Å². The van der Waals surface area contributed by atoms with Crippen molar-refractivity contribution in [1.29, 1.82) is 0 Å². The molecule has 3 nitrogen and oxygen atoms in total. The summed E-state index contributed by atoms with van der Waals surface area (Å²) in [6, 6.07) is 4.35. The van der Waals surface area contributed by atoms with Gasteiger partial charge < -0.3 is 10.1 Å². The lowest BCUT2D eigenvalue weighted by Gasteiger charge is -2.41. The molecule has 26 heavy (non-hydrogen) atoms. The zero-order chi connectivity index (χ0) is 17.2. The van der Waals surface area contributed by atoms with E-state index in [2.05, 4.69) is 10.2 Å². The number of ether oxygens (including phenoxy) is 1. The first-order chi connectivity index (χ1) is 11.5. The lowest BCUT2D eigenvalue weighted by atomic mass is 9.85. The number of hydrogen-bond donors (Lipinski definition) is 1. The number of halogens is 6. The normalized spacial score (nSPS) is 20.8. The molecule has 0 spiro atoms. The smallest absolute Gasteiger partial charge is 0.381 e. The third-order valence-electron chi connectivity index (χ3n) is 4.89. The van der Waals surface area contributed by atoms with Crippen molar-refractivity contribution in [3.63, 3.8) is 0 Å². The van der Waals surface area contributed by atoms with Gasteiger partial charge in [-0.2, -0.15) is 13.2 Å². The second-order valence-corrected chi connectivity index (χ2v) is 6.82. The molecule has 0 unspecified atom stereocenters. The van der Waals surface area contributed by atoms with Crippen molar-refractivity contribution in [3.8, 4) is 0 Å². The molecule has 0 bridgehead atoms. The second-order valence-electron chi connectivity index (χ2n) is 6.42. The molecule has 1 N–H and O–H groups in total. The monoisotopic (exact) mass is 434 g/mol. The van der Waals surface area contributed by atoms with Crippen LogP contribution in [0.4, 0.5) is 13.2 Å². The van der Waals surface area contributed by atoms with Crippen LogP contribution in [0.5, 0.6) is 0 Å². The maximum Gasteiger partial charge on any atom is 0.417 e. The molecule has 2 aliphatic heterocycles. The van der Waals surface area contributed by atoms with Crippen LogP contribution in [-0.4, -0.2) is 44.3 Å². The molecular formula is C17H24Cl3F3N2O. The summed E-state index contributed by atoms with van der Waals surface area (Å²) in [5.74, 6) is 0.305. The van der Waals surface area contributed by atoms with Crippen LogP contribution in [-0.2, 0) is 10.9 Å². The number of alkyl halides is 3. The largest absolute Gasteiger partial charge is 0.417 e. The summed E-state index contributed by atoms with van der Waals surface area (Å²) in [4.78, 5) is 2.30. The van der Waals surface area contributed by atoms with Crippen molar-refractivity contribution in [2.24, 2.45) is 5.92 Å². The van der Waals surface area contributed by atoms with E-state index in [9.17, 15) is 13.2 Å². The molecule has 0 radical (unpaired) electrons. The Hall–Kier alpha value is -0.240. The Morgan fingerprint density at radius 2 is 1.73 bits per heavy atom. The SMILES string of the molecule is Cl.Cl.FC(F)(F)c1cc([C@@H](C2CCOCC2)N2CCNCC2)ccc1Cl. The van der Waals surface area contributed by atoms with Crippen LogP contribution in [0.2, 0.25) is 5.02 Å². The summed E-state index contributed by atoms with van der Waals surface area (Å²) in [6.07, 6.45) is -2.69. The molecule has 1 aromatic carbocycles. The molecular weight excluding hydrogens is 412 g/mol. The number of hydrogen-bond acceptors (Lipinski definition) is 3. The van der Waals surface area contributed by atoms with Crippen molar-refractivity contribution >= 4 is 36.4 Å². The van der Waals surface area contributed by atoms with Gasteiger partial charge in [0.2, 0.25) is 0 Å². The first kappa shape index (κ1) is 23.8. The van der Waals surface area contributed by atoms with E-state index in [1.165, 1.54) is 12.1 Å². The van der Waals surface area contributed by atoms with Gasteiger partial charge in [-0.05, 0) is 36.5 Å². The van der Waals surface area contributed by atoms with Gasteiger partial charge in [-0.1, -0.05) is 17.7 Å². The number of nitrogens with zero attached hydrogens (tertiary/aromatic N) is 1. The van der Waals surface area contributed by atoms with E-state index in [-0.39, 0.29) is 35.9 Å². The average molecular weight is 436 g/mol. The molecule has 1 atom stereocenters. The lowest BCUT2D eigenvalue weighted by Crippen LogP contribution is -2.47. The van der Waals surface area contributed by atoms with Gasteiger partial charge in [0.05, 0.1) is 10.6 Å². The number of rotatable bonds is 3. The van der Waals surface area contributed by atoms with Gasteiger partial charge in [0.1, 0.15) is 0 Å². The molecule has 1 aromatic rings. The van der Waals surface area contributed by atoms with Crippen LogP contribution >= 0.6 is 36.4 Å². The molecule has 0 saturated carbocycles. The standard InChI is InChI=1S/C17H22ClF3N2O.2ClH/c18-15-2-1-13(11-14(15)17(19,20)21)16(12-3-9-24-10-4-12)23-7-5-22-6-8-23;;/h1-2,11-12,16,22H,3-10H2;2*1H/t16-;;/m1../s1. The van der Waals surface area contributed by atoms with Gasteiger partial charge >= 0.3 is 6.18 Å². The number of nitrogens with one attached hydrogen (secondary N) is 1. The quantitative estimate of drug-likeness (QED) is 0.752. The molecule has 3 rings (SSSR count). The van der Waals surface area contributed by atoms with Gasteiger partial charge in [0.15, 0.2) is 0 Å². The van der Waals surface area contributed by atoms with Crippen LogP contribution in [0, 0.1) is 5.92 Å². The molecule has 150 valence electrons. The summed E-state index contributed by atoms with van der Waals surface area (Å²) in [7, 11) is 0. The fraction of sp³-hybridized carbons (Fsp3) is 0.647. The van der Waals surface area contributed by atoms with E-state index >= 15 is 0 Å². The highest BCUT2D eigenvalue weighted by molar-refractivity contribution is 6.31. The lowest BCUT2D eigenvalue weighted by molar-refractivity contribution is -0.137. The van der Waals surface area contributed by atoms with Crippen molar-refractivity contribution in [1.82, 2.24) is 10.2 Å². The van der Waals surface area contributed by atoms with E-state index < -0.39 is 11.7 Å². The highest BCUT2D eigenvalue weighted by atomic mass is 35.5. The summed E-state index contributed by atoms with van der Waals surface area (Å²) < 4.78 is 45.2. The zero-order valence-electron chi connectivity index (χ0n) is 14.2. The van der Waals surface area contributed by atoms with Crippen molar-refractivity contribution in [2.75, 3.05) is 39.4 Å². The molecule has 2 fully saturated rings. The number of benzene rings is 1. The molecule has 2 aliphatic rings. The van der Waals surface area contributed by atoms with Gasteiger partial charge in [0.25, 0.3) is 0 Å². The summed E-state index contributed by atoms with van der Waals surface area (Å²) in [6.45, 7) is 4.75. The zero-order valence-corrected chi connectivity index (χ0v) is 16.6. The summed E-state index contributed by atoms with van der Waals surface area (Å²) in [5, 5.41) is 3.06. The van der Waals surface area contributed by atoms with Crippen molar-refractivity contribution in [2.45, 2.75) is 25.1 Å². The van der Waals surface area contributed by atoms with E-state index in [1.807, 2.05) is 0 Å². The Labute approximate surface area is 169 Å². The minimum atomic E-state index is -4.43. The first-order valence-corrected chi connectivity index (χ1v) is 8.74. The maximum absolute atomic E-state index is 13.2. The minimum Gasteiger partial charge on any atom is -0.381 e. The third kappa shape index (κ3) is 5.63. The Balaban J connectivity index is 0.00000169. The number of piperazine rings is 1. The van der Waals surface area contributed by atoms with E-state index in [1.54, 1.807) is 6.07 Å². The Morgan fingerprint density at radius 1 is 1.12 bits per heavy atom.